The van der Waals surface area contributed by atoms with Crippen molar-refractivity contribution < 1.29 is 14.2 Å². The third-order valence-corrected chi connectivity index (χ3v) is 3.88. The minimum atomic E-state index is -0.890. The van der Waals surface area contributed by atoms with Crippen LogP contribution in [0.15, 0.2) is 36.7 Å². The first kappa shape index (κ1) is 15.0. The Morgan fingerprint density at radius 3 is 2.91 bits per heavy atom. The van der Waals surface area contributed by atoms with E-state index in [9.17, 15) is 9.50 Å². The number of hydrogen-bond donors (Lipinski definition) is 2. The molecular formula is C16H20FN3O2. The third kappa shape index (κ3) is 3.84. The maximum Gasteiger partial charge on any atom is 0.123 e. The summed E-state index contributed by atoms with van der Waals surface area (Å²) in [4.78, 5) is 9.45. The van der Waals surface area contributed by atoms with Crippen molar-refractivity contribution in [2.45, 2.75) is 25.0 Å². The average molecular weight is 305 g/mol. The van der Waals surface area contributed by atoms with Gasteiger partial charge in [-0.05, 0) is 43.7 Å². The van der Waals surface area contributed by atoms with Gasteiger partial charge in [-0.15, -0.1) is 0 Å². The van der Waals surface area contributed by atoms with Gasteiger partial charge in [0.25, 0.3) is 0 Å². The van der Waals surface area contributed by atoms with Crippen molar-refractivity contribution in [2.24, 2.45) is 0 Å². The number of benzene rings is 1. The highest BCUT2D eigenvalue weighted by molar-refractivity contribution is 5.22. The first-order valence-corrected chi connectivity index (χ1v) is 7.44. The first-order chi connectivity index (χ1) is 10.6. The molecule has 1 unspecified atom stereocenters. The van der Waals surface area contributed by atoms with E-state index in [1.807, 2.05) is 0 Å². The van der Waals surface area contributed by atoms with Crippen LogP contribution in [0.1, 0.15) is 18.7 Å². The van der Waals surface area contributed by atoms with Crippen molar-refractivity contribution in [3.05, 3.63) is 48.3 Å². The number of nitrogens with one attached hydrogen (secondary N) is 1. The number of aromatic amines is 1. The van der Waals surface area contributed by atoms with E-state index in [0.29, 0.717) is 25.3 Å². The van der Waals surface area contributed by atoms with Crippen LogP contribution in [0.5, 0.6) is 5.75 Å². The van der Waals surface area contributed by atoms with E-state index in [4.69, 9.17) is 4.74 Å². The molecule has 1 aromatic heterocycles. The predicted molar refractivity (Wildman–Crippen MR) is 79.9 cm³/mol. The molecule has 1 saturated heterocycles. The number of aromatic nitrogens is 2. The van der Waals surface area contributed by atoms with Gasteiger partial charge in [0.15, 0.2) is 0 Å². The summed E-state index contributed by atoms with van der Waals surface area (Å²) in [6.07, 6.45) is 5.12. The number of hydrogen-bond acceptors (Lipinski definition) is 4. The lowest BCUT2D eigenvalue weighted by Crippen LogP contribution is -2.51. The summed E-state index contributed by atoms with van der Waals surface area (Å²) in [6.45, 7) is 2.35. The van der Waals surface area contributed by atoms with Gasteiger partial charge in [0, 0.05) is 18.9 Å². The van der Waals surface area contributed by atoms with Gasteiger partial charge < -0.3 is 14.8 Å². The number of aliphatic hydroxyl groups is 1. The number of piperidine rings is 1. The van der Waals surface area contributed by atoms with Crippen LogP contribution in [0, 0.1) is 5.82 Å². The van der Waals surface area contributed by atoms with Crippen LogP contribution in [0.25, 0.3) is 0 Å². The zero-order valence-electron chi connectivity index (χ0n) is 12.3. The molecule has 2 N–H and O–H groups in total. The lowest BCUT2D eigenvalue weighted by atomic mass is 9.93. The largest absolute Gasteiger partial charge is 0.491 e. The molecule has 0 saturated carbocycles. The van der Waals surface area contributed by atoms with Crippen LogP contribution in [0.3, 0.4) is 0 Å². The summed E-state index contributed by atoms with van der Waals surface area (Å²) >= 11 is 0. The smallest absolute Gasteiger partial charge is 0.123 e. The number of imidazole rings is 1. The second-order valence-electron chi connectivity index (χ2n) is 5.82. The number of ether oxygens (including phenoxy) is 1. The number of likely N-dealkylation sites (tertiary alicyclic amines) is 1. The van der Waals surface area contributed by atoms with Crippen molar-refractivity contribution in [2.75, 3.05) is 19.7 Å². The maximum absolute atomic E-state index is 12.9. The molecule has 0 radical (unpaired) electrons. The normalized spacial score (nSPS) is 22.6. The van der Waals surface area contributed by atoms with Gasteiger partial charge in [0.1, 0.15) is 29.6 Å². The Morgan fingerprint density at radius 1 is 1.36 bits per heavy atom. The van der Waals surface area contributed by atoms with Crippen molar-refractivity contribution in [1.82, 2.24) is 14.9 Å². The molecule has 0 amide bonds. The Kier molecular flexibility index (Phi) is 4.40. The van der Waals surface area contributed by atoms with Gasteiger partial charge in [0.2, 0.25) is 0 Å². The Bertz CT molecular complexity index is 588. The Morgan fingerprint density at radius 2 is 2.18 bits per heavy atom. The number of halogens is 1. The molecule has 1 atom stereocenters. The molecule has 0 aliphatic carbocycles. The van der Waals surface area contributed by atoms with E-state index in [2.05, 4.69) is 14.9 Å². The van der Waals surface area contributed by atoms with Gasteiger partial charge in [0.05, 0.1) is 6.54 Å². The second kappa shape index (κ2) is 6.46. The lowest BCUT2D eigenvalue weighted by Gasteiger charge is -2.38. The van der Waals surface area contributed by atoms with Gasteiger partial charge in [-0.3, -0.25) is 4.90 Å². The molecule has 1 fully saturated rings. The predicted octanol–water partition coefficient (Wildman–Crippen LogP) is 1.95. The van der Waals surface area contributed by atoms with Crippen molar-refractivity contribution >= 4 is 0 Å². The molecule has 1 aliphatic heterocycles. The molecule has 5 nitrogen and oxygen atoms in total. The summed E-state index contributed by atoms with van der Waals surface area (Å²) in [5, 5.41) is 10.7. The summed E-state index contributed by atoms with van der Waals surface area (Å²) in [6, 6.07) is 5.84. The standard InChI is InChI=1S/C16H20FN3O2/c17-13-2-4-14(5-3-13)22-12-16(21)6-1-9-20(11-16)10-15-18-7-8-19-15/h2-5,7-8,21H,1,6,9-12H2,(H,18,19). The molecule has 3 rings (SSSR count). The highest BCUT2D eigenvalue weighted by Gasteiger charge is 2.34. The van der Waals surface area contributed by atoms with Crippen LogP contribution in [-0.2, 0) is 6.54 Å². The third-order valence-electron chi connectivity index (χ3n) is 3.88. The van der Waals surface area contributed by atoms with Gasteiger partial charge in [-0.2, -0.15) is 0 Å². The maximum atomic E-state index is 12.9. The van der Waals surface area contributed by atoms with Gasteiger partial charge >= 0.3 is 0 Å². The van der Waals surface area contributed by atoms with E-state index in [1.165, 1.54) is 12.1 Å². The molecule has 118 valence electrons. The van der Waals surface area contributed by atoms with E-state index in [-0.39, 0.29) is 12.4 Å². The minimum Gasteiger partial charge on any atom is -0.491 e. The second-order valence-corrected chi connectivity index (χ2v) is 5.82. The Balaban J connectivity index is 1.56. The number of rotatable bonds is 5. The molecule has 2 aromatic rings. The molecule has 6 heteroatoms. The fourth-order valence-corrected chi connectivity index (χ4v) is 2.80. The van der Waals surface area contributed by atoms with Crippen LogP contribution in [0.2, 0.25) is 0 Å². The molecular weight excluding hydrogens is 285 g/mol. The highest BCUT2D eigenvalue weighted by Crippen LogP contribution is 2.23. The number of β-amino-alcohol motifs (C(OH)–C–C–N with tert-alkyl or cyclic N) is 1. The lowest BCUT2D eigenvalue weighted by molar-refractivity contribution is -0.0625. The van der Waals surface area contributed by atoms with E-state index >= 15 is 0 Å². The summed E-state index contributed by atoms with van der Waals surface area (Å²) in [5.74, 6) is 1.16. The summed E-state index contributed by atoms with van der Waals surface area (Å²) in [5.41, 5.74) is -0.890. The molecule has 22 heavy (non-hydrogen) atoms. The van der Waals surface area contributed by atoms with Crippen LogP contribution >= 0.6 is 0 Å². The van der Waals surface area contributed by atoms with Gasteiger partial charge in [-0.1, -0.05) is 0 Å². The first-order valence-electron chi connectivity index (χ1n) is 7.44. The molecule has 0 spiro atoms. The summed E-state index contributed by atoms with van der Waals surface area (Å²) < 4.78 is 18.5. The van der Waals surface area contributed by atoms with E-state index in [1.54, 1.807) is 24.5 Å². The SMILES string of the molecule is OC1(COc2ccc(F)cc2)CCCN(Cc2ncc[nH]2)C1. The zero-order chi connectivity index (χ0) is 15.4. The highest BCUT2D eigenvalue weighted by atomic mass is 19.1. The molecule has 1 aliphatic rings. The fraction of sp³-hybridized carbons (Fsp3) is 0.438. The monoisotopic (exact) mass is 305 g/mol. The van der Waals surface area contributed by atoms with Crippen molar-refractivity contribution in [1.29, 1.82) is 0 Å². The van der Waals surface area contributed by atoms with Crippen LogP contribution < -0.4 is 4.74 Å². The van der Waals surface area contributed by atoms with Crippen LogP contribution in [0.4, 0.5) is 4.39 Å². The minimum absolute atomic E-state index is 0.202. The molecule has 2 heterocycles. The average Bonchev–Trinajstić information content (AvgIpc) is 3.00. The van der Waals surface area contributed by atoms with Crippen molar-refractivity contribution in [3.8, 4) is 5.75 Å². The summed E-state index contributed by atoms with van der Waals surface area (Å²) in [7, 11) is 0. The fourth-order valence-electron chi connectivity index (χ4n) is 2.80. The number of H-pyrrole nitrogens is 1. The number of nitrogens with zero attached hydrogens (tertiary/aromatic N) is 2. The van der Waals surface area contributed by atoms with Crippen LogP contribution in [-0.4, -0.2) is 45.3 Å². The topological polar surface area (TPSA) is 61.4 Å². The van der Waals surface area contributed by atoms with Gasteiger partial charge in [-0.25, -0.2) is 9.37 Å². The van der Waals surface area contributed by atoms with E-state index in [0.717, 1.165) is 18.8 Å². The molecule has 0 bridgehead atoms. The quantitative estimate of drug-likeness (QED) is 0.886. The Hall–Kier alpha value is -1.92. The zero-order valence-corrected chi connectivity index (χ0v) is 12.3. The molecule has 1 aromatic carbocycles. The van der Waals surface area contributed by atoms with E-state index < -0.39 is 5.60 Å². The Labute approximate surface area is 128 Å². The van der Waals surface area contributed by atoms with Crippen molar-refractivity contribution in [3.63, 3.8) is 0 Å².